The molecular formula is C12H16N2O2. The van der Waals surface area contributed by atoms with E-state index in [2.05, 4.69) is 5.32 Å². The molecule has 1 aliphatic heterocycles. The molecule has 1 aliphatic rings. The first kappa shape index (κ1) is 11.0. The number of aliphatic hydroxyl groups is 1. The zero-order chi connectivity index (χ0) is 11.5. The predicted octanol–water partition coefficient (Wildman–Crippen LogP) is 1.80. The number of aliphatic hydroxyl groups excluding tert-OH is 1. The van der Waals surface area contributed by atoms with Crippen molar-refractivity contribution in [2.24, 2.45) is 0 Å². The number of urea groups is 1. The molecular weight excluding hydrogens is 204 g/mol. The number of anilines is 1. The van der Waals surface area contributed by atoms with Crippen LogP contribution in [0.4, 0.5) is 10.5 Å². The minimum Gasteiger partial charge on any atom is -0.393 e. The molecule has 0 bridgehead atoms. The zero-order valence-corrected chi connectivity index (χ0v) is 9.31. The monoisotopic (exact) mass is 220 g/mol. The van der Waals surface area contributed by atoms with Crippen molar-refractivity contribution in [3.05, 3.63) is 29.8 Å². The first-order valence-electron chi connectivity index (χ1n) is 5.48. The minimum atomic E-state index is -0.370. The summed E-state index contributed by atoms with van der Waals surface area (Å²) in [5.41, 5.74) is 2.01. The second-order valence-electron chi connectivity index (χ2n) is 4.15. The van der Waals surface area contributed by atoms with Crippen molar-refractivity contribution in [3.63, 3.8) is 0 Å². The summed E-state index contributed by atoms with van der Waals surface area (Å²) in [4.78, 5) is 13.4. The van der Waals surface area contributed by atoms with Gasteiger partial charge in [-0.25, -0.2) is 4.79 Å². The van der Waals surface area contributed by atoms with Crippen molar-refractivity contribution >= 4 is 11.7 Å². The van der Waals surface area contributed by atoms with E-state index in [4.69, 9.17) is 0 Å². The second kappa shape index (κ2) is 4.53. The molecule has 4 nitrogen and oxygen atoms in total. The van der Waals surface area contributed by atoms with E-state index < -0.39 is 0 Å². The van der Waals surface area contributed by atoms with Crippen LogP contribution in [0.5, 0.6) is 0 Å². The van der Waals surface area contributed by atoms with Crippen LogP contribution in [0, 0.1) is 0 Å². The van der Waals surface area contributed by atoms with Crippen LogP contribution in [0.25, 0.3) is 0 Å². The lowest BCUT2D eigenvalue weighted by atomic mass is 10.1. The van der Waals surface area contributed by atoms with Crippen LogP contribution < -0.4 is 5.32 Å². The highest BCUT2D eigenvalue weighted by Gasteiger charge is 2.21. The van der Waals surface area contributed by atoms with Crippen LogP contribution in [0.3, 0.4) is 0 Å². The van der Waals surface area contributed by atoms with Gasteiger partial charge in [-0.2, -0.15) is 0 Å². The quantitative estimate of drug-likeness (QED) is 0.816. The number of benzene rings is 1. The molecule has 1 aromatic rings. The number of amides is 2. The SMILES string of the molecule is CC(O)CCN1Cc2ccccc2NC1=O. The number of para-hydroxylation sites is 1. The van der Waals surface area contributed by atoms with Crippen molar-refractivity contribution in [2.45, 2.75) is 26.0 Å². The minimum absolute atomic E-state index is 0.0839. The summed E-state index contributed by atoms with van der Waals surface area (Å²) in [5.74, 6) is 0. The molecule has 1 unspecified atom stereocenters. The third kappa shape index (κ3) is 2.33. The van der Waals surface area contributed by atoms with Gasteiger partial charge in [0.2, 0.25) is 0 Å². The Kier molecular flexibility index (Phi) is 3.10. The average Bonchev–Trinajstić information content (AvgIpc) is 2.26. The van der Waals surface area contributed by atoms with Crippen molar-refractivity contribution in [1.29, 1.82) is 0 Å². The lowest BCUT2D eigenvalue weighted by molar-refractivity contribution is 0.158. The highest BCUT2D eigenvalue weighted by Crippen LogP contribution is 2.22. The third-order valence-corrected chi connectivity index (χ3v) is 2.72. The van der Waals surface area contributed by atoms with Crippen LogP contribution in [0.2, 0.25) is 0 Å². The maximum atomic E-state index is 11.7. The van der Waals surface area contributed by atoms with E-state index in [0.29, 0.717) is 19.5 Å². The Hall–Kier alpha value is -1.55. The molecule has 2 rings (SSSR count). The summed E-state index contributed by atoms with van der Waals surface area (Å²) in [5, 5.41) is 12.0. The molecule has 1 atom stereocenters. The second-order valence-corrected chi connectivity index (χ2v) is 4.15. The van der Waals surface area contributed by atoms with Gasteiger partial charge in [-0.1, -0.05) is 18.2 Å². The molecule has 16 heavy (non-hydrogen) atoms. The summed E-state index contributed by atoms with van der Waals surface area (Å²) in [7, 11) is 0. The number of carbonyl (C=O) groups excluding carboxylic acids is 1. The van der Waals surface area contributed by atoms with Gasteiger partial charge in [0.25, 0.3) is 0 Å². The van der Waals surface area contributed by atoms with Gasteiger partial charge in [0, 0.05) is 18.8 Å². The molecule has 0 saturated heterocycles. The van der Waals surface area contributed by atoms with Crippen molar-refractivity contribution in [3.8, 4) is 0 Å². The highest BCUT2D eigenvalue weighted by atomic mass is 16.3. The summed E-state index contributed by atoms with van der Waals surface area (Å²) < 4.78 is 0. The highest BCUT2D eigenvalue weighted by molar-refractivity contribution is 5.92. The Morgan fingerprint density at radius 2 is 2.25 bits per heavy atom. The Morgan fingerprint density at radius 1 is 1.50 bits per heavy atom. The van der Waals surface area contributed by atoms with Gasteiger partial charge in [-0.05, 0) is 25.0 Å². The molecule has 0 spiro atoms. The summed E-state index contributed by atoms with van der Waals surface area (Å²) in [6, 6.07) is 7.69. The fourth-order valence-electron chi connectivity index (χ4n) is 1.78. The largest absolute Gasteiger partial charge is 0.393 e. The number of hydrogen-bond acceptors (Lipinski definition) is 2. The first-order valence-corrected chi connectivity index (χ1v) is 5.48. The smallest absolute Gasteiger partial charge is 0.322 e. The summed E-state index contributed by atoms with van der Waals surface area (Å²) in [6.45, 7) is 2.93. The van der Waals surface area contributed by atoms with Gasteiger partial charge < -0.3 is 15.3 Å². The van der Waals surface area contributed by atoms with Gasteiger partial charge in [0.1, 0.15) is 0 Å². The first-order chi connectivity index (χ1) is 7.66. The van der Waals surface area contributed by atoms with Crippen LogP contribution in [0.15, 0.2) is 24.3 Å². The van der Waals surface area contributed by atoms with E-state index in [9.17, 15) is 9.90 Å². The van der Waals surface area contributed by atoms with Gasteiger partial charge in [-0.15, -0.1) is 0 Å². The van der Waals surface area contributed by atoms with Gasteiger partial charge in [0.15, 0.2) is 0 Å². The van der Waals surface area contributed by atoms with E-state index in [-0.39, 0.29) is 12.1 Å². The number of carbonyl (C=O) groups is 1. The number of fused-ring (bicyclic) bond motifs is 1. The molecule has 0 aromatic heterocycles. The molecule has 0 aliphatic carbocycles. The Labute approximate surface area is 94.9 Å². The molecule has 0 saturated carbocycles. The Balaban J connectivity index is 2.06. The lowest BCUT2D eigenvalue weighted by Gasteiger charge is -2.29. The van der Waals surface area contributed by atoms with E-state index in [0.717, 1.165) is 11.3 Å². The van der Waals surface area contributed by atoms with Crippen LogP contribution in [0.1, 0.15) is 18.9 Å². The van der Waals surface area contributed by atoms with Crippen molar-refractivity contribution < 1.29 is 9.90 Å². The fraction of sp³-hybridized carbons (Fsp3) is 0.417. The van der Waals surface area contributed by atoms with E-state index in [1.165, 1.54) is 0 Å². The predicted molar refractivity (Wildman–Crippen MR) is 62.2 cm³/mol. The molecule has 4 heteroatoms. The number of nitrogens with one attached hydrogen (secondary N) is 1. The molecule has 2 amide bonds. The molecule has 0 radical (unpaired) electrons. The standard InChI is InChI=1S/C12H16N2O2/c1-9(15)6-7-14-8-10-4-2-3-5-11(10)13-12(14)16/h2-5,9,15H,6-8H2,1H3,(H,13,16). The fourth-order valence-corrected chi connectivity index (χ4v) is 1.78. The average molecular weight is 220 g/mol. The topological polar surface area (TPSA) is 52.6 Å². The van der Waals surface area contributed by atoms with Gasteiger partial charge in [-0.3, -0.25) is 0 Å². The third-order valence-electron chi connectivity index (χ3n) is 2.72. The van der Waals surface area contributed by atoms with Gasteiger partial charge >= 0.3 is 6.03 Å². The molecule has 1 heterocycles. The zero-order valence-electron chi connectivity index (χ0n) is 9.31. The normalized spacial score (nSPS) is 16.6. The molecule has 1 aromatic carbocycles. The van der Waals surface area contributed by atoms with Crippen LogP contribution >= 0.6 is 0 Å². The Morgan fingerprint density at radius 3 is 3.00 bits per heavy atom. The molecule has 0 fully saturated rings. The van der Waals surface area contributed by atoms with Crippen LogP contribution in [-0.4, -0.2) is 28.7 Å². The molecule has 2 N–H and O–H groups in total. The number of hydrogen-bond donors (Lipinski definition) is 2. The van der Waals surface area contributed by atoms with E-state index >= 15 is 0 Å². The van der Waals surface area contributed by atoms with E-state index in [1.807, 2.05) is 24.3 Å². The van der Waals surface area contributed by atoms with Crippen molar-refractivity contribution in [1.82, 2.24) is 4.90 Å². The Bertz CT molecular complexity index is 390. The maximum Gasteiger partial charge on any atom is 0.322 e. The lowest BCUT2D eigenvalue weighted by Crippen LogP contribution is -2.39. The number of nitrogens with zero attached hydrogens (tertiary/aromatic N) is 1. The maximum absolute atomic E-state index is 11.7. The van der Waals surface area contributed by atoms with Crippen molar-refractivity contribution in [2.75, 3.05) is 11.9 Å². The summed E-state index contributed by atoms with van der Waals surface area (Å²) in [6.07, 6.45) is 0.236. The van der Waals surface area contributed by atoms with Crippen LogP contribution in [-0.2, 0) is 6.54 Å². The summed E-state index contributed by atoms with van der Waals surface area (Å²) >= 11 is 0. The molecule has 86 valence electrons. The number of rotatable bonds is 3. The van der Waals surface area contributed by atoms with E-state index in [1.54, 1.807) is 11.8 Å². The van der Waals surface area contributed by atoms with Gasteiger partial charge in [0.05, 0.1) is 6.10 Å².